The molecular weight excluding hydrogens is 296 g/mol. The molecule has 0 amide bonds. The van der Waals surface area contributed by atoms with Gasteiger partial charge < -0.3 is 16.2 Å². The first-order chi connectivity index (χ1) is 8.72. The van der Waals surface area contributed by atoms with E-state index >= 15 is 0 Å². The number of nitrogens with two attached hydrogens (primary N) is 1. The van der Waals surface area contributed by atoms with Crippen LogP contribution >= 0.6 is 15.9 Å². The van der Waals surface area contributed by atoms with E-state index < -0.39 is 0 Å². The second-order valence-corrected chi connectivity index (χ2v) is 5.58. The Bertz CT molecular complexity index is 402. The Labute approximate surface area is 115 Å². The minimum absolute atomic E-state index is 0.277. The first kappa shape index (κ1) is 13.5. The summed E-state index contributed by atoms with van der Waals surface area (Å²) in [5.41, 5.74) is 5.70. The summed E-state index contributed by atoms with van der Waals surface area (Å²) in [6, 6.07) is 0. The number of nitrogens with zero attached hydrogens (tertiary/aromatic N) is 2. The number of aliphatic hydroxyl groups excluding tert-OH is 1. The largest absolute Gasteiger partial charge is 0.396 e. The first-order valence-corrected chi connectivity index (χ1v) is 7.12. The van der Waals surface area contributed by atoms with Crippen LogP contribution in [0.1, 0.15) is 25.7 Å². The number of anilines is 2. The van der Waals surface area contributed by atoms with Crippen LogP contribution < -0.4 is 11.1 Å². The zero-order valence-electron chi connectivity index (χ0n) is 10.3. The zero-order chi connectivity index (χ0) is 13.0. The molecule has 1 aromatic heterocycles. The van der Waals surface area contributed by atoms with Crippen molar-refractivity contribution < 1.29 is 5.11 Å². The lowest BCUT2D eigenvalue weighted by molar-refractivity contribution is 0.141. The number of aromatic nitrogens is 2. The van der Waals surface area contributed by atoms with E-state index in [0.717, 1.165) is 25.2 Å². The van der Waals surface area contributed by atoms with Crippen LogP contribution in [0.5, 0.6) is 0 Å². The fourth-order valence-corrected chi connectivity index (χ4v) is 2.87. The van der Waals surface area contributed by atoms with Crippen LogP contribution in [0.2, 0.25) is 0 Å². The smallest absolute Gasteiger partial charge is 0.145 e. The Balaban J connectivity index is 1.96. The van der Waals surface area contributed by atoms with Crippen molar-refractivity contribution in [2.45, 2.75) is 25.7 Å². The molecular formula is C12H19BrN4O. The van der Waals surface area contributed by atoms with Gasteiger partial charge in [-0.15, -0.1) is 0 Å². The molecule has 1 aliphatic carbocycles. The van der Waals surface area contributed by atoms with Crippen molar-refractivity contribution in [1.82, 2.24) is 9.97 Å². The van der Waals surface area contributed by atoms with Crippen molar-refractivity contribution in [2.75, 3.05) is 24.2 Å². The predicted octanol–water partition coefficient (Wildman–Crippen LogP) is 2.03. The van der Waals surface area contributed by atoms with E-state index in [1.807, 2.05) is 0 Å². The van der Waals surface area contributed by atoms with Crippen LogP contribution in [0, 0.1) is 11.8 Å². The standard InChI is InChI=1S/C12H19BrN4O/c13-10-11(14)16-7-17-12(10)15-5-8-3-1-2-4-9(8)6-18/h7-9,18H,1-6H2,(H3,14,15,16,17). The number of halogens is 1. The van der Waals surface area contributed by atoms with E-state index in [9.17, 15) is 5.11 Å². The Morgan fingerprint density at radius 1 is 1.33 bits per heavy atom. The third-order valence-corrected chi connectivity index (χ3v) is 4.43. The summed E-state index contributed by atoms with van der Waals surface area (Å²) in [6.07, 6.45) is 6.21. The fourth-order valence-electron chi connectivity index (χ4n) is 2.53. The van der Waals surface area contributed by atoms with Gasteiger partial charge in [0, 0.05) is 13.2 Å². The summed E-state index contributed by atoms with van der Waals surface area (Å²) < 4.78 is 0.710. The minimum Gasteiger partial charge on any atom is -0.396 e. The van der Waals surface area contributed by atoms with Crippen LogP contribution in [0.25, 0.3) is 0 Å². The third-order valence-electron chi connectivity index (χ3n) is 3.65. The molecule has 2 rings (SSSR count). The Morgan fingerprint density at radius 3 is 2.78 bits per heavy atom. The second kappa shape index (κ2) is 6.33. The number of hydrogen-bond donors (Lipinski definition) is 3. The van der Waals surface area contributed by atoms with Gasteiger partial charge in [0.05, 0.1) is 0 Å². The summed E-state index contributed by atoms with van der Waals surface area (Å²) in [5, 5.41) is 12.7. The van der Waals surface area contributed by atoms with Crippen molar-refractivity contribution in [3.05, 3.63) is 10.8 Å². The van der Waals surface area contributed by atoms with Crippen LogP contribution in [-0.4, -0.2) is 28.2 Å². The lowest BCUT2D eigenvalue weighted by Crippen LogP contribution is -2.29. The van der Waals surface area contributed by atoms with Gasteiger partial charge in [0.15, 0.2) is 0 Å². The molecule has 5 nitrogen and oxygen atoms in total. The first-order valence-electron chi connectivity index (χ1n) is 6.33. The number of nitrogens with one attached hydrogen (secondary N) is 1. The molecule has 18 heavy (non-hydrogen) atoms. The Hall–Kier alpha value is -0.880. The molecule has 1 heterocycles. The molecule has 0 aromatic carbocycles. The van der Waals surface area contributed by atoms with Crippen molar-refractivity contribution >= 4 is 27.6 Å². The van der Waals surface area contributed by atoms with E-state index in [0.29, 0.717) is 22.1 Å². The van der Waals surface area contributed by atoms with E-state index in [4.69, 9.17) is 5.73 Å². The Kier molecular flexibility index (Phi) is 4.77. The van der Waals surface area contributed by atoms with Crippen molar-refractivity contribution in [2.24, 2.45) is 11.8 Å². The van der Waals surface area contributed by atoms with Crippen LogP contribution in [-0.2, 0) is 0 Å². The normalized spacial score (nSPS) is 23.9. The molecule has 2 unspecified atom stereocenters. The van der Waals surface area contributed by atoms with Gasteiger partial charge in [0.1, 0.15) is 22.4 Å². The molecule has 0 spiro atoms. The molecule has 0 aliphatic heterocycles. The van der Waals surface area contributed by atoms with Gasteiger partial charge in [-0.1, -0.05) is 12.8 Å². The molecule has 0 radical (unpaired) electrons. The minimum atomic E-state index is 0.277. The highest BCUT2D eigenvalue weighted by Crippen LogP contribution is 2.31. The summed E-state index contributed by atoms with van der Waals surface area (Å²) in [4.78, 5) is 8.07. The summed E-state index contributed by atoms with van der Waals surface area (Å²) in [7, 11) is 0. The highest BCUT2D eigenvalue weighted by molar-refractivity contribution is 9.10. The van der Waals surface area contributed by atoms with E-state index in [1.54, 1.807) is 0 Å². The Morgan fingerprint density at radius 2 is 2.06 bits per heavy atom. The maximum Gasteiger partial charge on any atom is 0.145 e. The topological polar surface area (TPSA) is 84.1 Å². The molecule has 2 atom stereocenters. The number of rotatable bonds is 4. The molecule has 1 saturated carbocycles. The van der Waals surface area contributed by atoms with Gasteiger partial charge in [0.2, 0.25) is 0 Å². The molecule has 0 saturated heterocycles. The van der Waals surface area contributed by atoms with Crippen molar-refractivity contribution in [3.8, 4) is 0 Å². The number of aliphatic hydroxyl groups is 1. The van der Waals surface area contributed by atoms with E-state index in [1.165, 1.54) is 19.2 Å². The zero-order valence-corrected chi connectivity index (χ0v) is 11.9. The van der Waals surface area contributed by atoms with E-state index in [2.05, 4.69) is 31.2 Å². The highest BCUT2D eigenvalue weighted by Gasteiger charge is 2.24. The monoisotopic (exact) mass is 314 g/mol. The molecule has 100 valence electrons. The van der Waals surface area contributed by atoms with Gasteiger partial charge in [-0.2, -0.15) is 0 Å². The summed E-state index contributed by atoms with van der Waals surface area (Å²) in [6.45, 7) is 1.10. The molecule has 1 aromatic rings. The second-order valence-electron chi connectivity index (χ2n) is 4.79. The van der Waals surface area contributed by atoms with Crippen LogP contribution in [0.15, 0.2) is 10.8 Å². The average Bonchev–Trinajstić information content (AvgIpc) is 2.41. The summed E-state index contributed by atoms with van der Waals surface area (Å²) >= 11 is 3.38. The average molecular weight is 315 g/mol. The van der Waals surface area contributed by atoms with Gasteiger partial charge >= 0.3 is 0 Å². The fraction of sp³-hybridized carbons (Fsp3) is 0.667. The predicted molar refractivity (Wildman–Crippen MR) is 75.2 cm³/mol. The molecule has 1 fully saturated rings. The third kappa shape index (κ3) is 3.11. The number of hydrogen-bond acceptors (Lipinski definition) is 5. The van der Waals surface area contributed by atoms with Gasteiger partial charge in [-0.3, -0.25) is 0 Å². The molecule has 6 heteroatoms. The lowest BCUT2D eigenvalue weighted by atomic mass is 9.79. The molecule has 1 aliphatic rings. The molecule has 4 N–H and O–H groups in total. The van der Waals surface area contributed by atoms with E-state index in [-0.39, 0.29) is 6.61 Å². The van der Waals surface area contributed by atoms with Gasteiger partial charge in [0.25, 0.3) is 0 Å². The quantitative estimate of drug-likeness (QED) is 0.792. The maximum absolute atomic E-state index is 9.37. The van der Waals surface area contributed by atoms with Gasteiger partial charge in [-0.05, 0) is 40.6 Å². The lowest BCUT2D eigenvalue weighted by Gasteiger charge is -2.30. The van der Waals surface area contributed by atoms with Gasteiger partial charge in [-0.25, -0.2) is 9.97 Å². The number of nitrogen functional groups attached to an aromatic ring is 1. The van der Waals surface area contributed by atoms with Crippen molar-refractivity contribution in [3.63, 3.8) is 0 Å². The van der Waals surface area contributed by atoms with Crippen LogP contribution in [0.3, 0.4) is 0 Å². The summed E-state index contributed by atoms with van der Waals surface area (Å²) in [5.74, 6) is 2.08. The van der Waals surface area contributed by atoms with Crippen molar-refractivity contribution in [1.29, 1.82) is 0 Å². The maximum atomic E-state index is 9.37. The SMILES string of the molecule is Nc1ncnc(NCC2CCCCC2CO)c1Br. The van der Waals surface area contributed by atoms with Crippen LogP contribution in [0.4, 0.5) is 11.6 Å². The highest BCUT2D eigenvalue weighted by atomic mass is 79.9. The molecule has 0 bridgehead atoms.